The van der Waals surface area contributed by atoms with Gasteiger partial charge in [0.1, 0.15) is 5.76 Å². The van der Waals surface area contributed by atoms with Crippen LogP contribution in [0.15, 0.2) is 32.7 Å². The third-order valence-corrected chi connectivity index (χ3v) is 4.42. The van der Waals surface area contributed by atoms with Gasteiger partial charge in [-0.25, -0.2) is 0 Å². The molecule has 0 bridgehead atoms. The minimum absolute atomic E-state index is 0.309. The van der Waals surface area contributed by atoms with E-state index in [1.165, 1.54) is 10.4 Å². The van der Waals surface area contributed by atoms with Crippen molar-refractivity contribution in [1.82, 2.24) is 5.32 Å². The van der Waals surface area contributed by atoms with Crippen LogP contribution in [0.25, 0.3) is 0 Å². The summed E-state index contributed by atoms with van der Waals surface area (Å²) in [6, 6.07) is 4.55. The fourth-order valence-corrected chi connectivity index (χ4v) is 3.52. The second-order valence-electron chi connectivity index (χ2n) is 3.60. The van der Waals surface area contributed by atoms with Crippen LogP contribution in [-0.4, -0.2) is 6.54 Å². The first-order chi connectivity index (χ1) is 7.34. The summed E-state index contributed by atoms with van der Waals surface area (Å²) in [4.78, 5) is 1.34. The summed E-state index contributed by atoms with van der Waals surface area (Å²) in [6.07, 6.45) is 2.78. The molecule has 0 saturated carbocycles. The van der Waals surface area contributed by atoms with E-state index in [1.54, 1.807) is 17.6 Å². The molecular weight excluding hydrogens is 274 g/mol. The van der Waals surface area contributed by atoms with Gasteiger partial charge in [0.2, 0.25) is 0 Å². The molecule has 0 saturated heterocycles. The minimum atomic E-state index is 0.309. The summed E-state index contributed by atoms with van der Waals surface area (Å²) < 4.78 is 6.62. The Morgan fingerprint density at radius 3 is 3.27 bits per heavy atom. The highest BCUT2D eigenvalue weighted by Crippen LogP contribution is 2.34. The predicted octanol–water partition coefficient (Wildman–Crippen LogP) is 3.34. The molecule has 0 radical (unpaired) electrons. The van der Waals surface area contributed by atoms with Gasteiger partial charge in [-0.1, -0.05) is 0 Å². The summed E-state index contributed by atoms with van der Waals surface area (Å²) in [6.45, 7) is 0.987. The summed E-state index contributed by atoms with van der Waals surface area (Å²) >= 11 is 5.26. The van der Waals surface area contributed by atoms with Crippen LogP contribution in [0.3, 0.4) is 0 Å². The van der Waals surface area contributed by atoms with Gasteiger partial charge in [-0.15, -0.1) is 11.3 Å². The number of furan rings is 1. The first kappa shape index (κ1) is 9.63. The molecule has 1 atom stereocenters. The zero-order valence-electron chi connectivity index (χ0n) is 8.00. The van der Waals surface area contributed by atoms with Crippen LogP contribution in [0.1, 0.15) is 22.2 Å². The average Bonchev–Trinajstić information content (AvgIpc) is 2.84. The van der Waals surface area contributed by atoms with Crippen molar-refractivity contribution in [2.45, 2.75) is 12.5 Å². The highest BCUT2D eigenvalue weighted by atomic mass is 79.9. The number of fused-ring (bicyclic) bond motifs is 1. The lowest BCUT2D eigenvalue weighted by Crippen LogP contribution is -2.28. The predicted molar refractivity (Wildman–Crippen MR) is 64.3 cm³/mol. The normalized spacial score (nSPS) is 20.2. The van der Waals surface area contributed by atoms with Gasteiger partial charge in [-0.05, 0) is 28.1 Å². The Bertz CT molecular complexity index is 476. The SMILES string of the molecule is Brc1csc(C2NCCc3occc32)c1. The first-order valence-electron chi connectivity index (χ1n) is 4.88. The number of halogens is 1. The van der Waals surface area contributed by atoms with E-state index < -0.39 is 0 Å². The van der Waals surface area contributed by atoms with Crippen molar-refractivity contribution in [3.8, 4) is 0 Å². The molecule has 2 nitrogen and oxygen atoms in total. The van der Waals surface area contributed by atoms with Crippen molar-refractivity contribution in [3.63, 3.8) is 0 Å². The van der Waals surface area contributed by atoms with E-state index in [9.17, 15) is 0 Å². The molecule has 2 aromatic heterocycles. The monoisotopic (exact) mass is 283 g/mol. The number of nitrogens with one attached hydrogen (secondary N) is 1. The molecule has 1 aliphatic rings. The molecule has 4 heteroatoms. The van der Waals surface area contributed by atoms with Gasteiger partial charge in [0.15, 0.2) is 0 Å². The second-order valence-corrected chi connectivity index (χ2v) is 5.46. The lowest BCUT2D eigenvalue weighted by atomic mass is 10.0. The maximum Gasteiger partial charge on any atom is 0.110 e. The van der Waals surface area contributed by atoms with Crippen LogP contribution in [0, 0.1) is 0 Å². The molecule has 0 spiro atoms. The molecule has 78 valence electrons. The fraction of sp³-hybridized carbons (Fsp3) is 0.273. The van der Waals surface area contributed by atoms with E-state index in [1.807, 2.05) is 0 Å². The number of hydrogen-bond acceptors (Lipinski definition) is 3. The Balaban J connectivity index is 2.02. The van der Waals surface area contributed by atoms with Crippen molar-refractivity contribution in [1.29, 1.82) is 0 Å². The molecule has 3 rings (SSSR count). The number of rotatable bonds is 1. The molecule has 0 aromatic carbocycles. The summed E-state index contributed by atoms with van der Waals surface area (Å²) in [5.41, 5.74) is 1.29. The highest BCUT2D eigenvalue weighted by Gasteiger charge is 2.24. The van der Waals surface area contributed by atoms with Crippen LogP contribution in [0.4, 0.5) is 0 Å². The third kappa shape index (κ3) is 1.67. The lowest BCUT2D eigenvalue weighted by molar-refractivity contribution is 0.458. The van der Waals surface area contributed by atoms with Gasteiger partial charge in [0.25, 0.3) is 0 Å². The summed E-state index contributed by atoms with van der Waals surface area (Å²) in [5, 5.41) is 5.64. The standard InChI is InChI=1S/C11H10BrNOS/c12-7-5-10(15-6-7)11-8-2-4-14-9(8)1-3-13-11/h2,4-6,11,13H,1,3H2. The molecular formula is C11H10BrNOS. The van der Waals surface area contributed by atoms with Crippen LogP contribution in [0.2, 0.25) is 0 Å². The van der Waals surface area contributed by atoms with Gasteiger partial charge in [-0.3, -0.25) is 0 Å². The quantitative estimate of drug-likeness (QED) is 0.869. The van der Waals surface area contributed by atoms with Gasteiger partial charge in [-0.2, -0.15) is 0 Å². The van der Waals surface area contributed by atoms with Crippen molar-refractivity contribution in [3.05, 3.63) is 44.4 Å². The average molecular weight is 284 g/mol. The maximum absolute atomic E-state index is 5.47. The fourth-order valence-electron chi connectivity index (χ4n) is 1.98. The Kier molecular flexibility index (Phi) is 2.42. The minimum Gasteiger partial charge on any atom is -0.469 e. The Labute approximate surface area is 100 Å². The van der Waals surface area contributed by atoms with Crippen molar-refractivity contribution >= 4 is 27.3 Å². The van der Waals surface area contributed by atoms with Gasteiger partial charge in [0.05, 0.1) is 12.3 Å². The van der Waals surface area contributed by atoms with Crippen LogP contribution in [0.5, 0.6) is 0 Å². The van der Waals surface area contributed by atoms with E-state index in [4.69, 9.17) is 4.42 Å². The molecule has 15 heavy (non-hydrogen) atoms. The Morgan fingerprint density at radius 1 is 1.53 bits per heavy atom. The lowest BCUT2D eigenvalue weighted by Gasteiger charge is -2.22. The molecule has 1 unspecified atom stereocenters. The molecule has 3 heterocycles. The van der Waals surface area contributed by atoms with Crippen LogP contribution < -0.4 is 5.32 Å². The topological polar surface area (TPSA) is 25.2 Å². The van der Waals surface area contributed by atoms with Gasteiger partial charge >= 0.3 is 0 Å². The summed E-state index contributed by atoms with van der Waals surface area (Å²) in [7, 11) is 0. The highest BCUT2D eigenvalue weighted by molar-refractivity contribution is 9.10. The maximum atomic E-state index is 5.47. The van der Waals surface area contributed by atoms with E-state index in [0.717, 1.165) is 23.2 Å². The first-order valence-corrected chi connectivity index (χ1v) is 6.55. The molecule has 0 aliphatic carbocycles. The van der Waals surface area contributed by atoms with Crippen molar-refractivity contribution < 1.29 is 4.42 Å². The summed E-state index contributed by atoms with van der Waals surface area (Å²) in [5.74, 6) is 1.13. The van der Waals surface area contributed by atoms with E-state index in [0.29, 0.717) is 6.04 Å². The van der Waals surface area contributed by atoms with Crippen LogP contribution >= 0.6 is 27.3 Å². The Hall–Kier alpha value is -0.580. The van der Waals surface area contributed by atoms with E-state index >= 15 is 0 Å². The molecule has 1 N–H and O–H groups in total. The third-order valence-electron chi connectivity index (χ3n) is 2.66. The number of thiophene rings is 1. The molecule has 2 aromatic rings. The second kappa shape index (κ2) is 3.77. The molecule has 0 amide bonds. The Morgan fingerprint density at radius 2 is 2.47 bits per heavy atom. The van der Waals surface area contributed by atoms with Crippen LogP contribution in [-0.2, 0) is 6.42 Å². The van der Waals surface area contributed by atoms with Gasteiger partial charge in [0, 0.05) is 33.3 Å². The van der Waals surface area contributed by atoms with E-state index in [-0.39, 0.29) is 0 Å². The van der Waals surface area contributed by atoms with Crippen molar-refractivity contribution in [2.75, 3.05) is 6.54 Å². The largest absolute Gasteiger partial charge is 0.469 e. The van der Waals surface area contributed by atoms with Gasteiger partial charge < -0.3 is 9.73 Å². The van der Waals surface area contributed by atoms with Crippen molar-refractivity contribution in [2.24, 2.45) is 0 Å². The number of hydrogen-bond donors (Lipinski definition) is 1. The zero-order chi connectivity index (χ0) is 10.3. The smallest absolute Gasteiger partial charge is 0.110 e. The zero-order valence-corrected chi connectivity index (χ0v) is 10.4. The van der Waals surface area contributed by atoms with E-state index in [2.05, 4.69) is 38.8 Å². The molecule has 1 aliphatic heterocycles. The molecule has 0 fully saturated rings.